The molecule has 0 aromatic rings. The van der Waals surface area contributed by atoms with Crippen LogP contribution in [0.5, 0.6) is 0 Å². The van der Waals surface area contributed by atoms with Crippen LogP contribution in [0.1, 0.15) is 6.42 Å². The standard InChI is InChI=1S/C7H7NO/c8-2-6-4-1-5(6)7(4)3-9/h3-7H,1H2. The van der Waals surface area contributed by atoms with Gasteiger partial charge in [0.1, 0.15) is 6.29 Å². The molecule has 0 N–H and O–H groups in total. The number of nitrogens with zero attached hydrogens (tertiary/aromatic N) is 1. The molecule has 0 aromatic heterocycles. The fourth-order valence-corrected chi connectivity index (χ4v) is 1.89. The summed E-state index contributed by atoms with van der Waals surface area (Å²) in [5, 5.41) is 8.43. The molecule has 3 aliphatic carbocycles. The highest BCUT2D eigenvalue weighted by Gasteiger charge is 2.61. The molecule has 3 saturated carbocycles. The van der Waals surface area contributed by atoms with Crippen LogP contribution in [0.2, 0.25) is 0 Å². The molecule has 0 spiro atoms. The first-order valence-corrected chi connectivity index (χ1v) is 3.23. The van der Waals surface area contributed by atoms with Crippen LogP contribution in [-0.2, 0) is 4.79 Å². The van der Waals surface area contributed by atoms with Crippen molar-refractivity contribution in [1.82, 2.24) is 0 Å². The van der Waals surface area contributed by atoms with Crippen LogP contribution in [0.15, 0.2) is 0 Å². The molecule has 0 aromatic carbocycles. The van der Waals surface area contributed by atoms with E-state index in [1.54, 1.807) is 0 Å². The van der Waals surface area contributed by atoms with Crippen molar-refractivity contribution in [2.75, 3.05) is 0 Å². The quantitative estimate of drug-likeness (QED) is 0.476. The Labute approximate surface area is 53.5 Å². The Bertz CT molecular complexity index is 184. The van der Waals surface area contributed by atoms with Crippen molar-refractivity contribution in [1.29, 1.82) is 5.26 Å². The normalized spacial score (nSPS) is 52.3. The Morgan fingerprint density at radius 2 is 2.22 bits per heavy atom. The van der Waals surface area contributed by atoms with Gasteiger partial charge in [0.25, 0.3) is 0 Å². The molecule has 46 valence electrons. The van der Waals surface area contributed by atoms with Crippen molar-refractivity contribution >= 4 is 6.29 Å². The van der Waals surface area contributed by atoms with E-state index in [1.807, 2.05) is 0 Å². The van der Waals surface area contributed by atoms with E-state index in [-0.39, 0.29) is 11.8 Å². The molecule has 9 heavy (non-hydrogen) atoms. The van der Waals surface area contributed by atoms with Gasteiger partial charge in [0, 0.05) is 5.92 Å². The predicted molar refractivity (Wildman–Crippen MR) is 30.3 cm³/mol. The van der Waals surface area contributed by atoms with E-state index >= 15 is 0 Å². The molecule has 0 heterocycles. The number of hydrogen-bond donors (Lipinski definition) is 0. The van der Waals surface area contributed by atoms with Gasteiger partial charge in [-0.1, -0.05) is 0 Å². The third-order valence-electron chi connectivity index (χ3n) is 2.76. The van der Waals surface area contributed by atoms with Crippen molar-refractivity contribution in [2.45, 2.75) is 6.42 Å². The van der Waals surface area contributed by atoms with E-state index in [1.165, 1.54) is 0 Å². The maximum atomic E-state index is 10.2. The summed E-state index contributed by atoms with van der Waals surface area (Å²) in [5.41, 5.74) is 0. The van der Waals surface area contributed by atoms with Gasteiger partial charge in [0.2, 0.25) is 0 Å². The first kappa shape index (κ1) is 4.99. The SMILES string of the molecule is N#CC1C2CC1C2C=O. The van der Waals surface area contributed by atoms with Crippen LogP contribution < -0.4 is 0 Å². The molecule has 0 amide bonds. The lowest BCUT2D eigenvalue weighted by molar-refractivity contribution is -0.152. The lowest BCUT2D eigenvalue weighted by Crippen LogP contribution is -2.59. The first-order chi connectivity index (χ1) is 4.38. The molecule has 2 bridgehead atoms. The Morgan fingerprint density at radius 1 is 1.56 bits per heavy atom. The first-order valence-electron chi connectivity index (χ1n) is 3.23. The number of nitriles is 1. The van der Waals surface area contributed by atoms with Crippen molar-refractivity contribution in [3.8, 4) is 6.07 Å². The van der Waals surface area contributed by atoms with Crippen molar-refractivity contribution in [3.05, 3.63) is 0 Å². The Hall–Kier alpha value is -0.840. The molecule has 2 atom stereocenters. The Kier molecular flexibility index (Phi) is 0.751. The highest BCUT2D eigenvalue weighted by Crippen LogP contribution is 2.61. The largest absolute Gasteiger partial charge is 0.303 e. The monoisotopic (exact) mass is 121 g/mol. The third kappa shape index (κ3) is 0.355. The molecule has 2 nitrogen and oxygen atoms in total. The van der Waals surface area contributed by atoms with Crippen LogP contribution in [0.25, 0.3) is 0 Å². The minimum absolute atomic E-state index is 0.236. The average Bonchev–Trinajstić information content (AvgIpc) is 1.61. The average molecular weight is 121 g/mol. The second kappa shape index (κ2) is 1.36. The lowest BCUT2D eigenvalue weighted by atomic mass is 9.42. The summed E-state index contributed by atoms with van der Waals surface area (Å²) in [6, 6.07) is 2.21. The number of carbonyl (C=O) groups excluding carboxylic acids is 1. The van der Waals surface area contributed by atoms with E-state index in [0.717, 1.165) is 12.7 Å². The number of aldehydes is 1. The zero-order valence-electron chi connectivity index (χ0n) is 4.95. The van der Waals surface area contributed by atoms with E-state index in [0.29, 0.717) is 11.8 Å². The van der Waals surface area contributed by atoms with Crippen LogP contribution in [-0.4, -0.2) is 6.29 Å². The summed E-state index contributed by atoms with van der Waals surface area (Å²) in [7, 11) is 0. The molecule has 3 aliphatic rings. The number of carbonyl (C=O) groups is 1. The van der Waals surface area contributed by atoms with Crippen LogP contribution >= 0.6 is 0 Å². The maximum absolute atomic E-state index is 10.2. The van der Waals surface area contributed by atoms with E-state index < -0.39 is 0 Å². The van der Waals surface area contributed by atoms with Gasteiger partial charge in [-0.2, -0.15) is 5.26 Å². The molecule has 3 fully saturated rings. The molecule has 0 radical (unpaired) electrons. The van der Waals surface area contributed by atoms with E-state index in [4.69, 9.17) is 5.26 Å². The third-order valence-corrected chi connectivity index (χ3v) is 2.76. The molecule has 2 heteroatoms. The fourth-order valence-electron chi connectivity index (χ4n) is 1.89. The molecular formula is C7H7NO. The highest BCUT2D eigenvalue weighted by atomic mass is 16.1. The molecule has 0 aliphatic heterocycles. The Morgan fingerprint density at radius 3 is 2.56 bits per heavy atom. The van der Waals surface area contributed by atoms with Crippen LogP contribution in [0.3, 0.4) is 0 Å². The van der Waals surface area contributed by atoms with Crippen molar-refractivity contribution < 1.29 is 4.79 Å². The summed E-state index contributed by atoms with van der Waals surface area (Å²) in [5.74, 6) is 1.38. The van der Waals surface area contributed by atoms with Gasteiger partial charge in [0.15, 0.2) is 0 Å². The zero-order valence-corrected chi connectivity index (χ0v) is 4.95. The smallest absolute Gasteiger partial charge is 0.123 e. The van der Waals surface area contributed by atoms with Gasteiger partial charge < -0.3 is 4.79 Å². The van der Waals surface area contributed by atoms with Gasteiger partial charge in [-0.25, -0.2) is 0 Å². The van der Waals surface area contributed by atoms with Crippen molar-refractivity contribution in [2.24, 2.45) is 23.7 Å². The maximum Gasteiger partial charge on any atom is 0.123 e. The van der Waals surface area contributed by atoms with Gasteiger partial charge >= 0.3 is 0 Å². The molecule has 0 saturated heterocycles. The van der Waals surface area contributed by atoms with E-state index in [2.05, 4.69) is 6.07 Å². The Balaban J connectivity index is 2.05. The summed E-state index contributed by atoms with van der Waals surface area (Å²) in [4.78, 5) is 10.2. The van der Waals surface area contributed by atoms with Gasteiger partial charge in [-0.3, -0.25) is 0 Å². The number of hydrogen-bond acceptors (Lipinski definition) is 2. The summed E-state index contributed by atoms with van der Waals surface area (Å²) in [6.07, 6.45) is 2.13. The second-order valence-electron chi connectivity index (χ2n) is 2.93. The van der Waals surface area contributed by atoms with Crippen molar-refractivity contribution in [3.63, 3.8) is 0 Å². The van der Waals surface area contributed by atoms with Gasteiger partial charge in [0.05, 0.1) is 12.0 Å². The van der Waals surface area contributed by atoms with E-state index in [9.17, 15) is 4.79 Å². The second-order valence-corrected chi connectivity index (χ2v) is 2.93. The minimum atomic E-state index is 0.236. The lowest BCUT2D eigenvalue weighted by Gasteiger charge is -2.59. The van der Waals surface area contributed by atoms with Crippen LogP contribution in [0, 0.1) is 35.0 Å². The summed E-state index contributed by atoms with van der Waals surface area (Å²) < 4.78 is 0. The molecule has 2 unspecified atom stereocenters. The fraction of sp³-hybridized carbons (Fsp3) is 0.714. The van der Waals surface area contributed by atoms with Gasteiger partial charge in [-0.05, 0) is 18.3 Å². The number of rotatable bonds is 1. The summed E-state index contributed by atoms with van der Waals surface area (Å²) in [6.45, 7) is 0. The predicted octanol–water partition coefficient (Wildman–Crippen LogP) is 0.591. The summed E-state index contributed by atoms with van der Waals surface area (Å²) >= 11 is 0. The zero-order chi connectivity index (χ0) is 6.43. The topological polar surface area (TPSA) is 40.9 Å². The molecular weight excluding hydrogens is 114 g/mol. The van der Waals surface area contributed by atoms with Crippen LogP contribution in [0.4, 0.5) is 0 Å². The highest BCUT2D eigenvalue weighted by molar-refractivity contribution is 5.60. The minimum Gasteiger partial charge on any atom is -0.303 e. The molecule has 3 rings (SSSR count). The van der Waals surface area contributed by atoms with Gasteiger partial charge in [-0.15, -0.1) is 0 Å².